The molecule has 0 saturated heterocycles. The fourth-order valence-electron chi connectivity index (χ4n) is 2.01. The van der Waals surface area contributed by atoms with E-state index in [9.17, 15) is 18.4 Å². The third-order valence-electron chi connectivity index (χ3n) is 3.65. The highest BCUT2D eigenvalue weighted by atomic mass is 19.1. The van der Waals surface area contributed by atoms with Crippen LogP contribution in [0.3, 0.4) is 0 Å². The second-order valence-corrected chi connectivity index (χ2v) is 5.90. The number of rotatable bonds is 6. The number of nitrogens with one attached hydrogen (secondary N) is 2. The molecule has 0 bridgehead atoms. The molecule has 0 fully saturated rings. The molecule has 0 unspecified atom stereocenters. The van der Waals surface area contributed by atoms with E-state index in [1.165, 1.54) is 12.1 Å². The van der Waals surface area contributed by atoms with Crippen LogP contribution < -0.4 is 21.5 Å². The molecule has 0 radical (unpaired) electrons. The summed E-state index contributed by atoms with van der Waals surface area (Å²) in [7, 11) is 0. The lowest BCUT2D eigenvalue weighted by atomic mass is 10.00. The van der Waals surface area contributed by atoms with E-state index in [0.717, 1.165) is 12.5 Å². The van der Waals surface area contributed by atoms with Gasteiger partial charge >= 0.3 is 0 Å². The van der Waals surface area contributed by atoms with Gasteiger partial charge in [-0.1, -0.05) is 6.92 Å². The van der Waals surface area contributed by atoms with E-state index in [4.69, 9.17) is 0 Å². The van der Waals surface area contributed by atoms with Crippen LogP contribution in [0.4, 0.5) is 20.2 Å². The Balaban J connectivity index is 2.16. The van der Waals surface area contributed by atoms with Gasteiger partial charge in [0.1, 0.15) is 23.0 Å². The molecular weight excluding hydrogens is 290 g/mol. The number of anilines is 2. The maximum atomic E-state index is 13.1. The van der Waals surface area contributed by atoms with Crippen molar-refractivity contribution in [3.8, 4) is 0 Å². The zero-order valence-electron chi connectivity index (χ0n) is 12.7. The Hall–Kier alpha value is -2.24. The molecule has 0 spiro atoms. The molecule has 6 heteroatoms. The van der Waals surface area contributed by atoms with Gasteiger partial charge in [0.15, 0.2) is 0 Å². The van der Waals surface area contributed by atoms with Gasteiger partial charge in [-0.2, -0.15) is 0 Å². The normalized spacial score (nSPS) is 11.7. The van der Waals surface area contributed by atoms with Gasteiger partial charge in [0, 0.05) is 18.2 Å². The topological polar surface area (TPSA) is 58.2 Å². The summed E-state index contributed by atoms with van der Waals surface area (Å²) in [6, 6.07) is 3.12. The van der Waals surface area contributed by atoms with Crippen LogP contribution in [0.5, 0.6) is 0 Å². The Bertz CT molecular complexity index is 742. The van der Waals surface area contributed by atoms with E-state index >= 15 is 0 Å². The lowest BCUT2D eigenvalue weighted by Gasteiger charge is -2.27. The minimum Gasteiger partial charge on any atom is -0.376 e. The van der Waals surface area contributed by atoms with Crippen LogP contribution in [-0.2, 0) is 6.54 Å². The van der Waals surface area contributed by atoms with Crippen LogP contribution in [0, 0.1) is 11.6 Å². The Morgan fingerprint density at radius 3 is 2.09 bits per heavy atom. The first kappa shape index (κ1) is 16.1. The van der Waals surface area contributed by atoms with Crippen LogP contribution in [0.25, 0.3) is 0 Å². The fraction of sp³-hybridized carbons (Fsp3) is 0.375. The molecule has 0 heterocycles. The van der Waals surface area contributed by atoms with Gasteiger partial charge < -0.3 is 10.6 Å². The molecule has 4 nitrogen and oxygen atoms in total. The first-order valence-electron chi connectivity index (χ1n) is 7.04. The number of benzene rings is 1. The van der Waals surface area contributed by atoms with E-state index < -0.39 is 22.5 Å². The van der Waals surface area contributed by atoms with Crippen molar-refractivity contribution in [1.82, 2.24) is 0 Å². The van der Waals surface area contributed by atoms with Gasteiger partial charge in [0.2, 0.25) is 0 Å². The highest BCUT2D eigenvalue weighted by Gasteiger charge is 2.25. The molecule has 2 N–H and O–H groups in total. The molecule has 0 aromatic heterocycles. The summed E-state index contributed by atoms with van der Waals surface area (Å²) in [5.41, 5.74) is -0.777. The number of hydrogen-bond donors (Lipinski definition) is 2. The minimum atomic E-state index is -0.688. The fourth-order valence-corrected chi connectivity index (χ4v) is 2.01. The van der Waals surface area contributed by atoms with Crippen molar-refractivity contribution in [2.45, 2.75) is 39.3 Å². The van der Waals surface area contributed by atoms with Crippen molar-refractivity contribution >= 4 is 11.4 Å². The summed E-state index contributed by atoms with van der Waals surface area (Å²) in [6.45, 7) is 5.84. The van der Waals surface area contributed by atoms with Crippen LogP contribution >= 0.6 is 0 Å². The third-order valence-corrected chi connectivity index (χ3v) is 3.65. The predicted octanol–water partition coefficient (Wildman–Crippen LogP) is 2.77. The van der Waals surface area contributed by atoms with Gasteiger partial charge in [0.25, 0.3) is 10.9 Å². The molecule has 0 amide bonds. The van der Waals surface area contributed by atoms with E-state index in [2.05, 4.69) is 10.6 Å². The van der Waals surface area contributed by atoms with Gasteiger partial charge in [-0.15, -0.1) is 0 Å². The van der Waals surface area contributed by atoms with Crippen molar-refractivity contribution < 1.29 is 8.78 Å². The molecule has 0 aliphatic carbocycles. The first-order valence-corrected chi connectivity index (χ1v) is 7.04. The maximum absolute atomic E-state index is 13.1. The van der Waals surface area contributed by atoms with Crippen LogP contribution in [-0.4, -0.2) is 5.54 Å². The van der Waals surface area contributed by atoms with Crippen molar-refractivity contribution in [2.24, 2.45) is 0 Å². The van der Waals surface area contributed by atoms with Gasteiger partial charge in [-0.05, 0) is 38.0 Å². The second-order valence-electron chi connectivity index (χ2n) is 5.90. The van der Waals surface area contributed by atoms with Crippen LogP contribution in [0.2, 0.25) is 0 Å². The molecule has 22 heavy (non-hydrogen) atoms. The van der Waals surface area contributed by atoms with Crippen molar-refractivity contribution in [1.29, 1.82) is 0 Å². The summed E-state index contributed by atoms with van der Waals surface area (Å²) in [6.07, 6.45) is 0.764. The third kappa shape index (κ3) is 3.32. The van der Waals surface area contributed by atoms with Crippen molar-refractivity contribution in [2.75, 3.05) is 10.6 Å². The van der Waals surface area contributed by atoms with E-state index in [0.29, 0.717) is 5.56 Å². The summed E-state index contributed by atoms with van der Waals surface area (Å²) in [4.78, 5) is 23.3. The monoisotopic (exact) mass is 308 g/mol. The Labute approximate surface area is 126 Å². The maximum Gasteiger partial charge on any atom is 0.253 e. The highest BCUT2D eigenvalue weighted by molar-refractivity contribution is 5.74. The smallest absolute Gasteiger partial charge is 0.253 e. The van der Waals surface area contributed by atoms with Gasteiger partial charge in [-0.25, -0.2) is 8.78 Å². The molecule has 0 saturated carbocycles. The number of halogens is 2. The molecule has 0 aliphatic heterocycles. The Morgan fingerprint density at radius 1 is 1.00 bits per heavy atom. The zero-order chi connectivity index (χ0) is 16.5. The Kier molecular flexibility index (Phi) is 4.30. The molecule has 118 valence electrons. The molecule has 2 aromatic rings. The zero-order valence-corrected chi connectivity index (χ0v) is 12.7. The quantitative estimate of drug-likeness (QED) is 0.806. The summed E-state index contributed by atoms with van der Waals surface area (Å²) in [5.74, 6) is -1.38. The summed E-state index contributed by atoms with van der Waals surface area (Å²) >= 11 is 0. The molecule has 0 atom stereocenters. The van der Waals surface area contributed by atoms with E-state index in [-0.39, 0.29) is 23.5 Å². The largest absolute Gasteiger partial charge is 0.376 e. The van der Waals surface area contributed by atoms with Crippen molar-refractivity contribution in [3.05, 3.63) is 55.8 Å². The predicted molar refractivity (Wildman–Crippen MR) is 83.0 cm³/mol. The standard InChI is InChI=1S/C16H18F2N2O2/c1-4-16(2,3)20-13-12(14(21)15(13)22)19-8-9-5-10(17)7-11(18)6-9/h5-7,19-20H,4,8H2,1-3H3. The van der Waals surface area contributed by atoms with Crippen LogP contribution in [0.15, 0.2) is 27.8 Å². The SMILES string of the molecule is CCC(C)(C)Nc1c(NCc2cc(F)cc(F)c2)c(=O)c1=O. The van der Waals surface area contributed by atoms with Crippen molar-refractivity contribution in [3.63, 3.8) is 0 Å². The lowest BCUT2D eigenvalue weighted by Crippen LogP contribution is -2.42. The van der Waals surface area contributed by atoms with Gasteiger partial charge in [0.05, 0.1) is 0 Å². The molecule has 2 aromatic carbocycles. The molecule has 2 rings (SSSR count). The van der Waals surface area contributed by atoms with Gasteiger partial charge in [-0.3, -0.25) is 9.59 Å². The summed E-state index contributed by atoms with van der Waals surface area (Å²) in [5, 5.41) is 5.81. The Morgan fingerprint density at radius 2 is 1.55 bits per heavy atom. The molecular formula is C16H18F2N2O2. The highest BCUT2D eigenvalue weighted by Crippen LogP contribution is 2.22. The van der Waals surface area contributed by atoms with E-state index in [1.54, 1.807) is 0 Å². The first-order chi connectivity index (χ1) is 10.2. The lowest BCUT2D eigenvalue weighted by molar-refractivity contribution is 0.546. The van der Waals surface area contributed by atoms with E-state index in [1.807, 2.05) is 20.8 Å². The van der Waals surface area contributed by atoms with Crippen LogP contribution in [0.1, 0.15) is 32.8 Å². The average Bonchev–Trinajstić information content (AvgIpc) is 2.44. The number of hydrogen-bond acceptors (Lipinski definition) is 4. The summed E-state index contributed by atoms with van der Waals surface area (Å²) < 4.78 is 26.2. The second kappa shape index (κ2) is 5.87. The minimum absolute atomic E-state index is 0.0563. The average molecular weight is 308 g/mol. The molecule has 0 aliphatic rings.